The lowest BCUT2D eigenvalue weighted by atomic mass is 10.7. The fourth-order valence-corrected chi connectivity index (χ4v) is 0.447. The normalized spacial score (nSPS) is 11.1. The summed E-state index contributed by atoms with van der Waals surface area (Å²) in [7, 11) is 3.58. The lowest BCUT2D eigenvalue weighted by molar-refractivity contribution is 0.905. The van der Waals surface area contributed by atoms with Crippen molar-refractivity contribution in [2.45, 2.75) is 6.92 Å². The average molecular weight is 115 g/mol. The van der Waals surface area contributed by atoms with Crippen LogP contribution in [0.5, 0.6) is 0 Å². The minimum absolute atomic E-state index is 0.840. The molecule has 0 unspecified atom stereocenters. The van der Waals surface area contributed by atoms with Crippen LogP contribution in [0.15, 0.2) is 4.99 Å². The maximum absolute atomic E-state index is 3.89. The maximum atomic E-state index is 3.89. The van der Waals surface area contributed by atoms with Crippen molar-refractivity contribution < 1.29 is 0 Å². The summed E-state index contributed by atoms with van der Waals surface area (Å²) in [4.78, 5) is 3.89. The highest BCUT2D eigenvalue weighted by Crippen LogP contribution is 1.60. The van der Waals surface area contributed by atoms with E-state index in [9.17, 15) is 0 Å². The lowest BCUT2D eigenvalue weighted by Gasteiger charge is -2.03. The number of nitrogens with one attached hydrogen (secondary N) is 2. The first-order valence-corrected chi connectivity index (χ1v) is 2.73. The first-order chi connectivity index (χ1) is 3.85. The van der Waals surface area contributed by atoms with E-state index in [4.69, 9.17) is 0 Å². The highest BCUT2D eigenvalue weighted by atomic mass is 15.1. The fraction of sp³-hybridized carbons (Fsp3) is 0.800. The number of guanidine groups is 1. The third kappa shape index (κ3) is 2.44. The third-order valence-electron chi connectivity index (χ3n) is 0.805. The van der Waals surface area contributed by atoms with Crippen LogP contribution in [0.3, 0.4) is 0 Å². The largest absolute Gasteiger partial charge is 0.359 e. The molecule has 0 atom stereocenters. The summed E-state index contributed by atoms with van der Waals surface area (Å²) in [6.07, 6.45) is 0. The van der Waals surface area contributed by atoms with E-state index in [1.807, 2.05) is 14.0 Å². The molecule has 8 heavy (non-hydrogen) atoms. The van der Waals surface area contributed by atoms with Gasteiger partial charge in [-0.1, -0.05) is 0 Å². The van der Waals surface area contributed by atoms with Gasteiger partial charge >= 0.3 is 0 Å². The van der Waals surface area contributed by atoms with Gasteiger partial charge in [-0.2, -0.15) is 0 Å². The van der Waals surface area contributed by atoms with Crippen LogP contribution in [0.2, 0.25) is 0 Å². The fourth-order valence-electron chi connectivity index (χ4n) is 0.447. The summed E-state index contributed by atoms with van der Waals surface area (Å²) in [5.41, 5.74) is 0. The van der Waals surface area contributed by atoms with Crippen LogP contribution >= 0.6 is 0 Å². The summed E-state index contributed by atoms with van der Waals surface area (Å²) in [6, 6.07) is 0. The van der Waals surface area contributed by atoms with Crippen molar-refractivity contribution in [3.05, 3.63) is 0 Å². The quantitative estimate of drug-likeness (QED) is 0.367. The Kier molecular flexibility index (Phi) is 4.03. The van der Waals surface area contributed by atoms with Crippen LogP contribution in [0.4, 0.5) is 0 Å². The molecule has 0 amide bonds. The van der Waals surface area contributed by atoms with E-state index in [0.29, 0.717) is 0 Å². The van der Waals surface area contributed by atoms with Crippen LogP contribution in [-0.2, 0) is 0 Å². The Bertz CT molecular complexity index is 77.7. The van der Waals surface area contributed by atoms with E-state index in [-0.39, 0.29) is 0 Å². The summed E-state index contributed by atoms with van der Waals surface area (Å²) >= 11 is 0. The maximum Gasteiger partial charge on any atom is 0.190 e. The first kappa shape index (κ1) is 7.27. The minimum atomic E-state index is 0.840. The van der Waals surface area contributed by atoms with Gasteiger partial charge < -0.3 is 10.6 Å². The second-order valence-corrected chi connectivity index (χ2v) is 1.35. The van der Waals surface area contributed by atoms with Crippen molar-refractivity contribution in [2.75, 3.05) is 20.6 Å². The van der Waals surface area contributed by atoms with Crippen LogP contribution < -0.4 is 10.6 Å². The number of nitrogens with zero attached hydrogens (tertiary/aromatic N) is 1. The van der Waals surface area contributed by atoms with Crippen LogP contribution in [0, 0.1) is 0 Å². The van der Waals surface area contributed by atoms with E-state index in [1.165, 1.54) is 0 Å². The van der Waals surface area contributed by atoms with E-state index >= 15 is 0 Å². The smallest absolute Gasteiger partial charge is 0.190 e. The molecule has 3 nitrogen and oxygen atoms in total. The SMILES string of the molecule is CCN/C(=N\C)NC. The van der Waals surface area contributed by atoms with E-state index < -0.39 is 0 Å². The molecule has 0 aromatic heterocycles. The zero-order chi connectivity index (χ0) is 6.41. The van der Waals surface area contributed by atoms with Gasteiger partial charge in [0, 0.05) is 20.6 Å². The van der Waals surface area contributed by atoms with Crippen LogP contribution in [-0.4, -0.2) is 26.6 Å². The van der Waals surface area contributed by atoms with Crippen molar-refractivity contribution in [3.63, 3.8) is 0 Å². The molecule has 48 valence electrons. The first-order valence-electron chi connectivity index (χ1n) is 2.73. The van der Waals surface area contributed by atoms with Gasteiger partial charge in [0.15, 0.2) is 5.96 Å². The second-order valence-electron chi connectivity index (χ2n) is 1.35. The number of hydrogen-bond donors (Lipinski definition) is 2. The Hall–Kier alpha value is -0.730. The molecule has 0 aromatic rings. The molecule has 0 radical (unpaired) electrons. The van der Waals surface area contributed by atoms with Gasteiger partial charge in [0.05, 0.1) is 0 Å². The van der Waals surface area contributed by atoms with Gasteiger partial charge in [0.2, 0.25) is 0 Å². The summed E-state index contributed by atoms with van der Waals surface area (Å²) in [6.45, 7) is 2.94. The van der Waals surface area contributed by atoms with Crippen molar-refractivity contribution in [1.29, 1.82) is 0 Å². The molecule has 0 aliphatic rings. The zero-order valence-electron chi connectivity index (χ0n) is 5.65. The Morgan fingerprint density at radius 3 is 2.38 bits per heavy atom. The van der Waals surface area contributed by atoms with Gasteiger partial charge in [-0.15, -0.1) is 0 Å². The highest BCUT2D eigenvalue weighted by molar-refractivity contribution is 5.79. The summed E-state index contributed by atoms with van der Waals surface area (Å²) in [5, 5.41) is 5.91. The number of hydrogen-bond acceptors (Lipinski definition) is 1. The molecular formula is C5H13N3. The average Bonchev–Trinajstić information content (AvgIpc) is 1.83. The molecule has 2 N–H and O–H groups in total. The monoisotopic (exact) mass is 115 g/mol. The molecule has 0 fully saturated rings. The molecule has 0 heterocycles. The Balaban J connectivity index is 3.38. The van der Waals surface area contributed by atoms with Crippen LogP contribution in [0.1, 0.15) is 6.92 Å². The number of aliphatic imine (C=N–C) groups is 1. The molecular weight excluding hydrogens is 102 g/mol. The van der Waals surface area contributed by atoms with Crippen molar-refractivity contribution in [2.24, 2.45) is 4.99 Å². The zero-order valence-corrected chi connectivity index (χ0v) is 5.65. The van der Waals surface area contributed by atoms with Crippen molar-refractivity contribution >= 4 is 5.96 Å². The summed E-state index contributed by atoms with van der Waals surface area (Å²) < 4.78 is 0. The molecule has 0 rings (SSSR count). The Morgan fingerprint density at radius 2 is 2.25 bits per heavy atom. The molecule has 0 saturated heterocycles. The molecule has 0 aliphatic carbocycles. The van der Waals surface area contributed by atoms with E-state index in [1.54, 1.807) is 7.05 Å². The standard InChI is InChI=1S/C5H13N3/c1-4-8-5(6-2)7-3/h4H2,1-3H3,(H2,6,7,8). The molecule has 0 spiro atoms. The Labute approximate surface area is 50.2 Å². The number of rotatable bonds is 1. The Morgan fingerprint density at radius 1 is 1.62 bits per heavy atom. The van der Waals surface area contributed by atoms with Gasteiger partial charge in [0.1, 0.15) is 0 Å². The predicted octanol–water partition coefficient (Wildman–Crippen LogP) is -0.199. The summed E-state index contributed by atoms with van der Waals surface area (Å²) in [5.74, 6) is 0.840. The molecule has 0 saturated carbocycles. The topological polar surface area (TPSA) is 36.4 Å². The van der Waals surface area contributed by atoms with E-state index in [2.05, 4.69) is 15.6 Å². The van der Waals surface area contributed by atoms with E-state index in [0.717, 1.165) is 12.5 Å². The van der Waals surface area contributed by atoms with Gasteiger partial charge in [0.25, 0.3) is 0 Å². The van der Waals surface area contributed by atoms with Crippen LogP contribution in [0.25, 0.3) is 0 Å². The third-order valence-corrected chi connectivity index (χ3v) is 0.805. The van der Waals surface area contributed by atoms with Gasteiger partial charge in [-0.3, -0.25) is 4.99 Å². The van der Waals surface area contributed by atoms with Gasteiger partial charge in [-0.05, 0) is 6.92 Å². The molecule has 0 aliphatic heterocycles. The molecule has 0 aromatic carbocycles. The molecule has 3 heteroatoms. The molecule has 0 bridgehead atoms. The highest BCUT2D eigenvalue weighted by Gasteiger charge is 1.84. The second kappa shape index (κ2) is 4.43. The lowest BCUT2D eigenvalue weighted by Crippen LogP contribution is -2.34. The van der Waals surface area contributed by atoms with Crippen molar-refractivity contribution in [3.8, 4) is 0 Å². The van der Waals surface area contributed by atoms with Crippen molar-refractivity contribution in [1.82, 2.24) is 10.6 Å². The van der Waals surface area contributed by atoms with Gasteiger partial charge in [-0.25, -0.2) is 0 Å². The minimum Gasteiger partial charge on any atom is -0.359 e. The predicted molar refractivity (Wildman–Crippen MR) is 36.1 cm³/mol.